The van der Waals surface area contributed by atoms with Gasteiger partial charge in [0.1, 0.15) is 4.90 Å². The highest BCUT2D eigenvalue weighted by Crippen LogP contribution is 2.31. The molecule has 0 bridgehead atoms. The summed E-state index contributed by atoms with van der Waals surface area (Å²) in [5.41, 5.74) is 5.84. The van der Waals surface area contributed by atoms with Gasteiger partial charge in [-0.1, -0.05) is 23.2 Å². The highest BCUT2D eigenvalue weighted by molar-refractivity contribution is 7.89. The molecule has 1 heterocycles. The highest BCUT2D eigenvalue weighted by Gasteiger charge is 2.21. The van der Waals surface area contributed by atoms with Crippen LogP contribution in [0, 0.1) is 0 Å². The number of nitrogens with one attached hydrogen (secondary N) is 1. The predicted molar refractivity (Wildman–Crippen MR) is 78.3 cm³/mol. The Kier molecular flexibility index (Phi) is 4.54. The molecule has 2 aromatic rings. The van der Waals surface area contributed by atoms with Crippen molar-refractivity contribution >= 4 is 38.9 Å². The Labute approximate surface area is 126 Å². The highest BCUT2D eigenvalue weighted by atomic mass is 35.5. The fourth-order valence-corrected chi connectivity index (χ4v) is 3.88. The molecule has 0 aliphatic heterocycles. The average Bonchev–Trinajstić information content (AvgIpc) is 2.79. The summed E-state index contributed by atoms with van der Waals surface area (Å²) >= 11 is 11.8. The molecular weight excluding hydrogens is 323 g/mol. The van der Waals surface area contributed by atoms with Gasteiger partial charge in [-0.25, -0.2) is 13.1 Å². The monoisotopic (exact) mass is 334 g/mol. The molecule has 6 nitrogen and oxygen atoms in total. The van der Waals surface area contributed by atoms with E-state index < -0.39 is 10.0 Å². The van der Waals surface area contributed by atoms with Crippen molar-refractivity contribution in [2.24, 2.45) is 0 Å². The molecule has 108 valence electrons. The standard InChI is InChI=1S/C11H12Cl2N4O2S/c12-9-6-8(14)7-10(13)11(9)20(18,19)16-3-5-17-4-1-2-15-17/h1-2,4,6-7,16H,3,5,14H2. The van der Waals surface area contributed by atoms with E-state index in [2.05, 4.69) is 9.82 Å². The SMILES string of the molecule is Nc1cc(Cl)c(S(=O)(=O)NCCn2cccn2)c(Cl)c1. The van der Waals surface area contributed by atoms with Crippen molar-refractivity contribution in [3.8, 4) is 0 Å². The first-order valence-electron chi connectivity index (χ1n) is 5.62. The van der Waals surface area contributed by atoms with E-state index in [-0.39, 0.29) is 21.5 Å². The smallest absolute Gasteiger partial charge is 0.243 e. The number of aromatic nitrogens is 2. The number of rotatable bonds is 5. The number of nitrogens with zero attached hydrogens (tertiary/aromatic N) is 2. The number of nitrogens with two attached hydrogens (primary N) is 1. The Hall–Kier alpha value is -1.28. The first-order valence-corrected chi connectivity index (χ1v) is 7.85. The minimum absolute atomic E-state index is 0.0124. The minimum atomic E-state index is -3.80. The van der Waals surface area contributed by atoms with Crippen molar-refractivity contribution in [2.45, 2.75) is 11.4 Å². The molecule has 0 radical (unpaired) electrons. The Morgan fingerprint density at radius 1 is 1.30 bits per heavy atom. The number of halogens is 2. The normalized spacial score (nSPS) is 11.7. The third kappa shape index (κ3) is 3.43. The van der Waals surface area contributed by atoms with Crippen LogP contribution in [0.2, 0.25) is 10.0 Å². The molecule has 0 unspecified atom stereocenters. The Morgan fingerprint density at radius 3 is 2.50 bits per heavy atom. The Bertz CT molecular complexity index is 678. The lowest BCUT2D eigenvalue weighted by molar-refractivity contribution is 0.561. The van der Waals surface area contributed by atoms with Gasteiger partial charge in [0.25, 0.3) is 0 Å². The summed E-state index contributed by atoms with van der Waals surface area (Å²) in [6.45, 7) is 0.567. The van der Waals surface area contributed by atoms with Crippen LogP contribution in [-0.2, 0) is 16.6 Å². The fraction of sp³-hybridized carbons (Fsp3) is 0.182. The quantitative estimate of drug-likeness (QED) is 0.815. The number of benzene rings is 1. The lowest BCUT2D eigenvalue weighted by Crippen LogP contribution is -2.28. The van der Waals surface area contributed by atoms with Crippen LogP contribution in [-0.4, -0.2) is 24.7 Å². The van der Waals surface area contributed by atoms with Crippen molar-refractivity contribution in [1.82, 2.24) is 14.5 Å². The molecule has 2 rings (SSSR count). The van der Waals surface area contributed by atoms with Gasteiger partial charge in [0.05, 0.1) is 16.6 Å². The third-order valence-corrected chi connectivity index (χ3v) is 4.86. The van der Waals surface area contributed by atoms with E-state index in [1.807, 2.05) is 0 Å². The van der Waals surface area contributed by atoms with Crippen molar-refractivity contribution in [3.05, 3.63) is 40.6 Å². The van der Waals surface area contributed by atoms with Gasteiger partial charge < -0.3 is 5.73 Å². The summed E-state index contributed by atoms with van der Waals surface area (Å²) in [6.07, 6.45) is 3.35. The number of sulfonamides is 1. The second kappa shape index (κ2) is 6.01. The first kappa shape index (κ1) is 15.1. The van der Waals surface area contributed by atoms with Crippen LogP contribution in [0.25, 0.3) is 0 Å². The second-order valence-electron chi connectivity index (χ2n) is 3.98. The molecule has 0 saturated carbocycles. The zero-order chi connectivity index (χ0) is 14.8. The average molecular weight is 335 g/mol. The van der Waals surface area contributed by atoms with E-state index in [1.54, 1.807) is 23.1 Å². The Balaban J connectivity index is 2.14. The molecule has 0 spiro atoms. The molecule has 0 amide bonds. The van der Waals surface area contributed by atoms with E-state index in [0.29, 0.717) is 12.2 Å². The third-order valence-electron chi connectivity index (χ3n) is 2.48. The van der Waals surface area contributed by atoms with Gasteiger partial charge >= 0.3 is 0 Å². The van der Waals surface area contributed by atoms with Crippen LogP contribution in [0.15, 0.2) is 35.5 Å². The van der Waals surface area contributed by atoms with Gasteiger partial charge in [0.15, 0.2) is 0 Å². The zero-order valence-electron chi connectivity index (χ0n) is 10.3. The Morgan fingerprint density at radius 2 is 1.95 bits per heavy atom. The molecule has 3 N–H and O–H groups in total. The molecule has 20 heavy (non-hydrogen) atoms. The van der Waals surface area contributed by atoms with E-state index >= 15 is 0 Å². The summed E-state index contributed by atoms with van der Waals surface area (Å²) in [6, 6.07) is 4.44. The van der Waals surface area contributed by atoms with Gasteiger partial charge in [-0.3, -0.25) is 4.68 Å². The molecular formula is C11H12Cl2N4O2S. The molecule has 0 aliphatic rings. The summed E-state index contributed by atoms with van der Waals surface area (Å²) in [4.78, 5) is -0.171. The molecule has 0 fully saturated rings. The van der Waals surface area contributed by atoms with Gasteiger partial charge in [0.2, 0.25) is 10.0 Å². The largest absolute Gasteiger partial charge is 0.399 e. The lowest BCUT2D eigenvalue weighted by Gasteiger charge is -2.10. The number of hydrogen-bond donors (Lipinski definition) is 2. The number of anilines is 1. The van der Waals surface area contributed by atoms with E-state index in [4.69, 9.17) is 28.9 Å². The maximum absolute atomic E-state index is 12.2. The van der Waals surface area contributed by atoms with Gasteiger partial charge in [0, 0.05) is 24.6 Å². The fourth-order valence-electron chi connectivity index (χ4n) is 1.64. The molecule has 1 aromatic carbocycles. The van der Waals surface area contributed by atoms with Crippen molar-refractivity contribution in [2.75, 3.05) is 12.3 Å². The molecule has 1 aromatic heterocycles. The second-order valence-corrected chi connectivity index (χ2v) is 6.50. The van der Waals surface area contributed by atoms with Crippen molar-refractivity contribution in [3.63, 3.8) is 0 Å². The van der Waals surface area contributed by atoms with Crippen molar-refractivity contribution in [1.29, 1.82) is 0 Å². The minimum Gasteiger partial charge on any atom is -0.399 e. The predicted octanol–water partition coefficient (Wildman–Crippen LogP) is 1.75. The molecule has 0 saturated heterocycles. The topological polar surface area (TPSA) is 90.0 Å². The summed E-state index contributed by atoms with van der Waals surface area (Å²) in [5.74, 6) is 0. The van der Waals surface area contributed by atoms with E-state index in [9.17, 15) is 8.42 Å². The van der Waals surface area contributed by atoms with Crippen molar-refractivity contribution < 1.29 is 8.42 Å². The maximum Gasteiger partial charge on any atom is 0.243 e. The molecule has 9 heteroatoms. The summed E-state index contributed by atoms with van der Waals surface area (Å²) in [5, 5.41) is 3.94. The van der Waals surface area contributed by atoms with Gasteiger partial charge in [-0.2, -0.15) is 5.10 Å². The van der Waals surface area contributed by atoms with Crippen LogP contribution in [0.4, 0.5) is 5.69 Å². The van der Waals surface area contributed by atoms with Crippen LogP contribution >= 0.6 is 23.2 Å². The van der Waals surface area contributed by atoms with Crippen LogP contribution in [0.1, 0.15) is 0 Å². The molecule has 0 aliphatic carbocycles. The maximum atomic E-state index is 12.2. The van der Waals surface area contributed by atoms with E-state index in [1.165, 1.54) is 12.1 Å². The van der Waals surface area contributed by atoms with E-state index in [0.717, 1.165) is 0 Å². The zero-order valence-corrected chi connectivity index (χ0v) is 12.6. The molecule has 0 atom stereocenters. The summed E-state index contributed by atoms with van der Waals surface area (Å²) in [7, 11) is -3.80. The van der Waals surface area contributed by atoms with Gasteiger partial charge in [-0.15, -0.1) is 0 Å². The lowest BCUT2D eigenvalue weighted by atomic mass is 10.3. The first-order chi connectivity index (χ1) is 9.40. The van der Waals surface area contributed by atoms with Gasteiger partial charge in [-0.05, 0) is 18.2 Å². The summed E-state index contributed by atoms with van der Waals surface area (Å²) < 4.78 is 28.3. The van der Waals surface area contributed by atoms with Crippen LogP contribution < -0.4 is 10.5 Å². The number of nitrogen functional groups attached to an aromatic ring is 1. The van der Waals surface area contributed by atoms with Crippen LogP contribution in [0.3, 0.4) is 0 Å². The number of hydrogen-bond acceptors (Lipinski definition) is 4. The van der Waals surface area contributed by atoms with Crippen LogP contribution in [0.5, 0.6) is 0 Å².